The molecule has 2 nitrogen and oxygen atoms in total. The molecule has 1 aromatic carbocycles. The second kappa shape index (κ2) is 4.00. The van der Waals surface area contributed by atoms with E-state index >= 15 is 0 Å². The van der Waals surface area contributed by atoms with Crippen LogP contribution in [0, 0.1) is 0 Å². The Kier molecular flexibility index (Phi) is 2.93. The minimum atomic E-state index is -0.122. The summed E-state index contributed by atoms with van der Waals surface area (Å²) >= 11 is 5.08. The molecule has 1 fully saturated rings. The van der Waals surface area contributed by atoms with Crippen molar-refractivity contribution in [3.8, 4) is 0 Å². The van der Waals surface area contributed by atoms with Crippen LogP contribution in [0.4, 0.5) is 0 Å². The summed E-state index contributed by atoms with van der Waals surface area (Å²) in [5, 5.41) is 9.08. The van der Waals surface area contributed by atoms with Gasteiger partial charge in [-0.2, -0.15) is 0 Å². The third-order valence-electron chi connectivity index (χ3n) is 1.88. The van der Waals surface area contributed by atoms with Crippen molar-refractivity contribution in [2.45, 2.75) is 11.0 Å². The van der Waals surface area contributed by atoms with E-state index in [1.54, 1.807) is 11.9 Å². The van der Waals surface area contributed by atoms with Gasteiger partial charge in [-0.15, -0.1) is 0 Å². The third kappa shape index (κ3) is 2.47. The fourth-order valence-electron chi connectivity index (χ4n) is 1.14. The molecule has 1 aromatic rings. The first-order valence-corrected chi connectivity index (χ1v) is 5.67. The molecule has 0 amide bonds. The predicted molar refractivity (Wildman–Crippen MR) is 57.6 cm³/mol. The first kappa shape index (κ1) is 9.52. The lowest BCUT2D eigenvalue weighted by Gasteiger charge is -2.34. The molecule has 0 atom stereocenters. The Hall–Kier alpha value is -0.0300. The van der Waals surface area contributed by atoms with Gasteiger partial charge in [-0.1, -0.05) is 15.9 Å². The number of halogens is 1. The van der Waals surface area contributed by atoms with Gasteiger partial charge in [0.15, 0.2) is 0 Å². The number of β-amino-alcohol motifs (C(OH)–C–C–N with tert-alkyl or cyclic N) is 1. The largest absolute Gasteiger partial charge is 0.390 e. The van der Waals surface area contributed by atoms with Gasteiger partial charge in [0.25, 0.3) is 0 Å². The lowest BCUT2D eigenvalue weighted by Crippen LogP contribution is -2.46. The summed E-state index contributed by atoms with van der Waals surface area (Å²) in [5.41, 5.74) is 0. The Morgan fingerprint density at radius 3 is 2.46 bits per heavy atom. The van der Waals surface area contributed by atoms with E-state index in [0.29, 0.717) is 0 Å². The Bertz CT molecular complexity index is 284. The fourth-order valence-corrected chi connectivity index (χ4v) is 2.45. The summed E-state index contributed by atoms with van der Waals surface area (Å²) in [6, 6.07) is 8.19. The number of hydrogen-bond acceptors (Lipinski definition) is 3. The summed E-state index contributed by atoms with van der Waals surface area (Å²) < 4.78 is 3.24. The van der Waals surface area contributed by atoms with Crippen LogP contribution >= 0.6 is 27.9 Å². The number of hydrogen-bond donors (Lipinski definition) is 1. The van der Waals surface area contributed by atoms with Crippen LogP contribution in [0.5, 0.6) is 0 Å². The van der Waals surface area contributed by atoms with Crippen LogP contribution < -0.4 is 0 Å². The molecule has 1 N–H and O–H groups in total. The van der Waals surface area contributed by atoms with Crippen LogP contribution in [-0.2, 0) is 0 Å². The Morgan fingerprint density at radius 1 is 1.31 bits per heavy atom. The molecule has 0 spiro atoms. The van der Waals surface area contributed by atoms with E-state index in [1.807, 2.05) is 12.1 Å². The van der Waals surface area contributed by atoms with Crippen molar-refractivity contribution in [1.29, 1.82) is 0 Å². The second-order valence-electron chi connectivity index (χ2n) is 3.05. The predicted octanol–water partition coefficient (Wildman–Crippen LogP) is 2.13. The Balaban J connectivity index is 1.91. The van der Waals surface area contributed by atoms with Crippen LogP contribution in [0.3, 0.4) is 0 Å². The van der Waals surface area contributed by atoms with Gasteiger partial charge in [0.2, 0.25) is 0 Å². The van der Waals surface area contributed by atoms with Crippen LogP contribution in [-0.4, -0.2) is 28.6 Å². The minimum absolute atomic E-state index is 0.122. The van der Waals surface area contributed by atoms with E-state index < -0.39 is 0 Å². The smallest absolute Gasteiger partial charge is 0.0812 e. The van der Waals surface area contributed by atoms with Gasteiger partial charge in [0.1, 0.15) is 0 Å². The topological polar surface area (TPSA) is 23.5 Å². The normalized spacial score (nSPS) is 18.6. The van der Waals surface area contributed by atoms with E-state index in [2.05, 4.69) is 32.4 Å². The molecule has 0 unspecified atom stereocenters. The molecule has 0 aromatic heterocycles. The minimum Gasteiger partial charge on any atom is -0.390 e. The highest BCUT2D eigenvalue weighted by Gasteiger charge is 2.24. The molecular weight excluding hydrogens is 250 g/mol. The first-order valence-electron chi connectivity index (χ1n) is 4.10. The number of aliphatic hydroxyl groups excluding tert-OH is 1. The van der Waals surface area contributed by atoms with E-state index in [-0.39, 0.29) is 6.10 Å². The molecule has 0 saturated carbocycles. The van der Waals surface area contributed by atoms with E-state index in [1.165, 1.54) is 4.90 Å². The molecule has 1 aliphatic heterocycles. The van der Waals surface area contributed by atoms with Crippen LogP contribution in [0.2, 0.25) is 0 Å². The fraction of sp³-hybridized carbons (Fsp3) is 0.333. The molecule has 1 aliphatic rings. The van der Waals surface area contributed by atoms with E-state index in [9.17, 15) is 0 Å². The molecule has 70 valence electrons. The van der Waals surface area contributed by atoms with Crippen molar-refractivity contribution < 1.29 is 5.11 Å². The van der Waals surface area contributed by atoms with Gasteiger partial charge in [-0.25, -0.2) is 4.31 Å². The number of rotatable bonds is 2. The summed E-state index contributed by atoms with van der Waals surface area (Å²) in [7, 11) is 0. The van der Waals surface area contributed by atoms with Crippen molar-refractivity contribution in [2.75, 3.05) is 13.1 Å². The molecular formula is C9H10BrNOS. The van der Waals surface area contributed by atoms with Gasteiger partial charge in [0, 0.05) is 22.5 Å². The zero-order valence-corrected chi connectivity index (χ0v) is 9.38. The quantitative estimate of drug-likeness (QED) is 0.824. The molecule has 0 aliphatic carbocycles. The maximum absolute atomic E-state index is 9.08. The Morgan fingerprint density at radius 2 is 1.92 bits per heavy atom. The molecule has 4 heteroatoms. The molecule has 0 bridgehead atoms. The van der Waals surface area contributed by atoms with Gasteiger partial charge < -0.3 is 5.11 Å². The standard InChI is InChI=1S/C9H10BrNOS/c10-7-1-3-9(4-2-7)13-11-5-8(12)6-11/h1-4,8,12H,5-6H2. The molecule has 0 radical (unpaired) electrons. The van der Waals surface area contributed by atoms with E-state index in [0.717, 1.165) is 17.6 Å². The SMILES string of the molecule is OC1CN(Sc2ccc(Br)cc2)C1. The van der Waals surface area contributed by atoms with Crippen molar-refractivity contribution in [1.82, 2.24) is 4.31 Å². The first-order chi connectivity index (χ1) is 6.24. The summed E-state index contributed by atoms with van der Waals surface area (Å²) in [5.74, 6) is 0. The number of aliphatic hydroxyl groups is 1. The molecule has 2 rings (SSSR count). The number of benzene rings is 1. The van der Waals surface area contributed by atoms with Crippen molar-refractivity contribution >= 4 is 27.9 Å². The maximum atomic E-state index is 9.08. The highest BCUT2D eigenvalue weighted by molar-refractivity contribution is 9.10. The second-order valence-corrected chi connectivity index (χ2v) is 5.13. The van der Waals surface area contributed by atoms with Crippen LogP contribution in [0.15, 0.2) is 33.6 Å². The van der Waals surface area contributed by atoms with Crippen LogP contribution in [0.1, 0.15) is 0 Å². The van der Waals surface area contributed by atoms with Crippen molar-refractivity contribution in [3.63, 3.8) is 0 Å². The molecule has 1 heterocycles. The monoisotopic (exact) mass is 259 g/mol. The summed E-state index contributed by atoms with van der Waals surface area (Å²) in [4.78, 5) is 1.22. The van der Waals surface area contributed by atoms with Gasteiger partial charge >= 0.3 is 0 Å². The number of nitrogens with zero attached hydrogens (tertiary/aromatic N) is 1. The summed E-state index contributed by atoms with van der Waals surface area (Å²) in [6.45, 7) is 1.56. The van der Waals surface area contributed by atoms with Crippen LogP contribution in [0.25, 0.3) is 0 Å². The maximum Gasteiger partial charge on any atom is 0.0812 e. The highest BCUT2D eigenvalue weighted by atomic mass is 79.9. The van der Waals surface area contributed by atoms with Crippen molar-refractivity contribution in [2.24, 2.45) is 0 Å². The molecule has 1 saturated heterocycles. The zero-order valence-electron chi connectivity index (χ0n) is 6.98. The Labute approximate surface area is 90.2 Å². The average Bonchev–Trinajstić information content (AvgIpc) is 2.06. The lowest BCUT2D eigenvalue weighted by molar-refractivity contribution is 0.0616. The highest BCUT2D eigenvalue weighted by Crippen LogP contribution is 2.28. The zero-order chi connectivity index (χ0) is 9.26. The van der Waals surface area contributed by atoms with Crippen molar-refractivity contribution in [3.05, 3.63) is 28.7 Å². The average molecular weight is 260 g/mol. The van der Waals surface area contributed by atoms with Gasteiger partial charge in [0.05, 0.1) is 6.10 Å². The van der Waals surface area contributed by atoms with Gasteiger partial charge in [-0.05, 0) is 36.2 Å². The lowest BCUT2D eigenvalue weighted by atomic mass is 10.2. The molecule has 13 heavy (non-hydrogen) atoms. The summed E-state index contributed by atoms with van der Waals surface area (Å²) in [6.07, 6.45) is -0.122. The third-order valence-corrected chi connectivity index (χ3v) is 3.44. The van der Waals surface area contributed by atoms with Gasteiger partial charge in [-0.3, -0.25) is 0 Å². The van der Waals surface area contributed by atoms with E-state index in [4.69, 9.17) is 5.11 Å².